The predicted octanol–water partition coefficient (Wildman–Crippen LogP) is 2.41. The highest BCUT2D eigenvalue weighted by Gasteiger charge is 2.12. The van der Waals surface area contributed by atoms with Crippen LogP contribution in [0.4, 0.5) is 5.69 Å². The summed E-state index contributed by atoms with van der Waals surface area (Å²) in [5.74, 6) is 0.492. The number of sulfonamides is 1. The number of para-hydroxylation sites is 2. The van der Waals surface area contributed by atoms with Crippen LogP contribution in [0.1, 0.15) is 13.8 Å². The fourth-order valence-corrected chi connectivity index (χ4v) is 1.82. The largest absolute Gasteiger partial charge is 0.489 e. The van der Waals surface area contributed by atoms with E-state index in [1.54, 1.807) is 24.3 Å². The second-order valence-electron chi connectivity index (χ2n) is 3.49. The van der Waals surface area contributed by atoms with Crippen molar-refractivity contribution in [1.82, 2.24) is 0 Å². The van der Waals surface area contributed by atoms with Crippen molar-refractivity contribution in [3.63, 3.8) is 0 Å². The Kier molecular flexibility index (Phi) is 4.44. The topological polar surface area (TPSA) is 55.4 Å². The molecule has 0 spiro atoms. The van der Waals surface area contributed by atoms with Crippen LogP contribution in [0.25, 0.3) is 0 Å². The van der Waals surface area contributed by atoms with Crippen molar-refractivity contribution in [2.75, 3.05) is 9.93 Å². The van der Waals surface area contributed by atoms with Gasteiger partial charge in [-0.15, -0.1) is 11.6 Å². The number of hydrogen-bond donors (Lipinski definition) is 1. The maximum absolute atomic E-state index is 11.3. The lowest BCUT2D eigenvalue weighted by Gasteiger charge is -2.14. The Labute approximate surface area is 101 Å². The SMILES string of the molecule is CC(C)Oc1ccccc1NS(=O)(=O)CCl. The number of ether oxygens (including phenoxy) is 1. The minimum absolute atomic E-state index is 0.0262. The van der Waals surface area contributed by atoms with E-state index in [4.69, 9.17) is 16.3 Å². The summed E-state index contributed by atoms with van der Waals surface area (Å²) in [6, 6.07) is 6.82. The predicted molar refractivity (Wildman–Crippen MR) is 65.5 cm³/mol. The average molecular weight is 264 g/mol. The van der Waals surface area contributed by atoms with Gasteiger partial charge in [-0.3, -0.25) is 4.72 Å². The van der Waals surface area contributed by atoms with Gasteiger partial charge >= 0.3 is 0 Å². The van der Waals surface area contributed by atoms with E-state index in [0.29, 0.717) is 11.4 Å². The molecule has 0 saturated carbocycles. The Morgan fingerprint density at radius 3 is 2.56 bits per heavy atom. The molecule has 0 aliphatic carbocycles. The van der Waals surface area contributed by atoms with Gasteiger partial charge in [0.05, 0.1) is 11.8 Å². The van der Waals surface area contributed by atoms with Crippen molar-refractivity contribution >= 4 is 27.3 Å². The molecule has 0 fully saturated rings. The summed E-state index contributed by atoms with van der Waals surface area (Å²) in [5, 5.41) is -0.483. The van der Waals surface area contributed by atoms with Crippen LogP contribution in [0.2, 0.25) is 0 Å². The van der Waals surface area contributed by atoms with E-state index in [0.717, 1.165) is 0 Å². The molecule has 0 aromatic heterocycles. The number of anilines is 1. The van der Waals surface area contributed by atoms with Crippen LogP contribution in [-0.4, -0.2) is 19.7 Å². The van der Waals surface area contributed by atoms with Gasteiger partial charge in [-0.25, -0.2) is 8.42 Å². The monoisotopic (exact) mass is 263 g/mol. The zero-order chi connectivity index (χ0) is 12.2. The fourth-order valence-electron chi connectivity index (χ4n) is 1.10. The van der Waals surface area contributed by atoms with Gasteiger partial charge in [0.2, 0.25) is 10.0 Å². The van der Waals surface area contributed by atoms with Crippen LogP contribution >= 0.6 is 11.6 Å². The molecular weight excluding hydrogens is 250 g/mol. The number of rotatable bonds is 5. The number of alkyl halides is 1. The second-order valence-corrected chi connectivity index (χ2v) is 5.80. The first-order valence-electron chi connectivity index (χ1n) is 4.77. The molecule has 1 aromatic carbocycles. The Morgan fingerprint density at radius 1 is 1.38 bits per heavy atom. The second kappa shape index (κ2) is 5.41. The molecule has 0 atom stereocenters. The maximum atomic E-state index is 11.3. The standard InChI is InChI=1S/C10H14ClNO3S/c1-8(2)15-10-6-4-3-5-9(10)12-16(13,14)7-11/h3-6,8,12H,7H2,1-2H3. The Bertz CT molecular complexity index is 445. The molecule has 0 aliphatic heterocycles. The summed E-state index contributed by atoms with van der Waals surface area (Å²) >= 11 is 5.31. The quantitative estimate of drug-likeness (QED) is 0.830. The van der Waals surface area contributed by atoms with Crippen molar-refractivity contribution in [3.05, 3.63) is 24.3 Å². The van der Waals surface area contributed by atoms with E-state index in [9.17, 15) is 8.42 Å². The number of hydrogen-bond acceptors (Lipinski definition) is 3. The van der Waals surface area contributed by atoms with Crippen LogP contribution < -0.4 is 9.46 Å². The molecule has 0 radical (unpaired) electrons. The van der Waals surface area contributed by atoms with E-state index in [-0.39, 0.29) is 6.10 Å². The van der Waals surface area contributed by atoms with Gasteiger partial charge in [0.1, 0.15) is 11.0 Å². The maximum Gasteiger partial charge on any atom is 0.246 e. The summed E-state index contributed by atoms with van der Waals surface area (Å²) in [6.45, 7) is 3.74. The number of nitrogens with one attached hydrogen (secondary N) is 1. The van der Waals surface area contributed by atoms with Gasteiger partial charge in [0.25, 0.3) is 0 Å². The van der Waals surface area contributed by atoms with Crippen LogP contribution in [0.3, 0.4) is 0 Å². The van der Waals surface area contributed by atoms with E-state index in [2.05, 4.69) is 4.72 Å². The van der Waals surface area contributed by atoms with Gasteiger partial charge in [-0.2, -0.15) is 0 Å². The lowest BCUT2D eigenvalue weighted by Crippen LogP contribution is -2.15. The van der Waals surface area contributed by atoms with Crippen molar-refractivity contribution in [3.8, 4) is 5.75 Å². The Balaban J connectivity index is 2.95. The van der Waals surface area contributed by atoms with Crippen LogP contribution in [0, 0.1) is 0 Å². The summed E-state index contributed by atoms with van der Waals surface area (Å²) in [7, 11) is -3.50. The van der Waals surface area contributed by atoms with E-state index in [1.807, 2.05) is 13.8 Å². The highest BCUT2D eigenvalue weighted by atomic mass is 35.5. The summed E-state index contributed by atoms with van der Waals surface area (Å²) in [4.78, 5) is 0. The summed E-state index contributed by atoms with van der Waals surface area (Å²) in [5.41, 5.74) is 0.400. The third-order valence-corrected chi connectivity index (χ3v) is 3.34. The third-order valence-electron chi connectivity index (χ3n) is 1.66. The summed E-state index contributed by atoms with van der Waals surface area (Å²) in [6.07, 6.45) is -0.0262. The molecule has 16 heavy (non-hydrogen) atoms. The zero-order valence-corrected chi connectivity index (χ0v) is 10.7. The first-order chi connectivity index (χ1) is 7.44. The molecule has 0 bridgehead atoms. The third kappa shape index (κ3) is 3.90. The molecule has 1 N–H and O–H groups in total. The number of benzene rings is 1. The highest BCUT2D eigenvalue weighted by Crippen LogP contribution is 2.25. The average Bonchev–Trinajstić information content (AvgIpc) is 2.20. The van der Waals surface area contributed by atoms with Crippen LogP contribution in [0.5, 0.6) is 5.75 Å². The van der Waals surface area contributed by atoms with Crippen LogP contribution in [-0.2, 0) is 10.0 Å². The van der Waals surface area contributed by atoms with Gasteiger partial charge in [0, 0.05) is 0 Å². The number of halogens is 1. The highest BCUT2D eigenvalue weighted by molar-refractivity contribution is 7.93. The van der Waals surface area contributed by atoms with E-state index < -0.39 is 15.2 Å². The molecule has 0 unspecified atom stereocenters. The minimum atomic E-state index is -3.50. The summed E-state index contributed by atoms with van der Waals surface area (Å²) < 4.78 is 30.4. The normalized spacial score (nSPS) is 11.5. The molecule has 6 heteroatoms. The van der Waals surface area contributed by atoms with Gasteiger partial charge < -0.3 is 4.74 Å². The molecule has 0 saturated heterocycles. The molecule has 1 rings (SSSR count). The molecule has 0 heterocycles. The Hall–Kier alpha value is -0.940. The molecule has 90 valence electrons. The first kappa shape index (κ1) is 13.1. The molecule has 1 aromatic rings. The van der Waals surface area contributed by atoms with Crippen molar-refractivity contribution in [2.24, 2.45) is 0 Å². The van der Waals surface area contributed by atoms with E-state index in [1.165, 1.54) is 0 Å². The molecule has 0 amide bonds. The van der Waals surface area contributed by atoms with Gasteiger partial charge in [-0.1, -0.05) is 12.1 Å². The van der Waals surface area contributed by atoms with Gasteiger partial charge in [0.15, 0.2) is 0 Å². The van der Waals surface area contributed by atoms with Crippen molar-refractivity contribution < 1.29 is 13.2 Å². The first-order valence-corrected chi connectivity index (χ1v) is 6.95. The fraction of sp³-hybridized carbons (Fsp3) is 0.400. The smallest absolute Gasteiger partial charge is 0.246 e. The zero-order valence-electron chi connectivity index (χ0n) is 9.10. The Morgan fingerprint density at radius 2 is 2.00 bits per heavy atom. The van der Waals surface area contributed by atoms with Crippen LogP contribution in [0.15, 0.2) is 24.3 Å². The van der Waals surface area contributed by atoms with Crippen molar-refractivity contribution in [2.45, 2.75) is 20.0 Å². The molecular formula is C10H14ClNO3S. The van der Waals surface area contributed by atoms with Crippen molar-refractivity contribution in [1.29, 1.82) is 0 Å². The lowest BCUT2D eigenvalue weighted by atomic mass is 10.3. The minimum Gasteiger partial charge on any atom is -0.489 e. The lowest BCUT2D eigenvalue weighted by molar-refractivity contribution is 0.244. The molecule has 0 aliphatic rings. The van der Waals surface area contributed by atoms with E-state index >= 15 is 0 Å². The van der Waals surface area contributed by atoms with Gasteiger partial charge in [-0.05, 0) is 26.0 Å². The molecule has 4 nitrogen and oxygen atoms in total.